The molecule has 0 amide bonds. The average Bonchev–Trinajstić information content (AvgIpc) is 2.71. The molecule has 2 heteroatoms. The first-order valence-electron chi connectivity index (χ1n) is 5.56. The van der Waals surface area contributed by atoms with Gasteiger partial charge in [-0.2, -0.15) is 0 Å². The summed E-state index contributed by atoms with van der Waals surface area (Å²) in [5.74, 6) is 0.914. The molecule has 1 N–H and O–H groups in total. The maximum absolute atomic E-state index is 11.1. The van der Waals surface area contributed by atoms with Crippen molar-refractivity contribution in [2.45, 2.75) is 19.8 Å². The topological polar surface area (TPSA) is 29.1 Å². The summed E-state index contributed by atoms with van der Waals surface area (Å²) in [5.41, 5.74) is 2.15. The van der Waals surface area contributed by atoms with Gasteiger partial charge in [-0.05, 0) is 44.3 Å². The SMILES string of the molecule is CC(=O)c1ccc(CC2CCNC2)cc1. The summed E-state index contributed by atoms with van der Waals surface area (Å²) >= 11 is 0. The summed E-state index contributed by atoms with van der Waals surface area (Å²) in [6, 6.07) is 8.02. The van der Waals surface area contributed by atoms with Gasteiger partial charge in [0.15, 0.2) is 5.78 Å². The highest BCUT2D eigenvalue weighted by atomic mass is 16.1. The Bertz CT molecular complexity index is 336. The Morgan fingerprint density at radius 3 is 2.67 bits per heavy atom. The van der Waals surface area contributed by atoms with Gasteiger partial charge in [-0.25, -0.2) is 0 Å². The Morgan fingerprint density at radius 1 is 1.40 bits per heavy atom. The minimum atomic E-state index is 0.143. The lowest BCUT2D eigenvalue weighted by atomic mass is 9.97. The monoisotopic (exact) mass is 203 g/mol. The number of nitrogens with one attached hydrogen (secondary N) is 1. The lowest BCUT2D eigenvalue weighted by molar-refractivity contribution is 0.101. The summed E-state index contributed by atoms with van der Waals surface area (Å²) in [6.45, 7) is 3.89. The number of carbonyl (C=O) groups is 1. The van der Waals surface area contributed by atoms with Crippen molar-refractivity contribution in [3.63, 3.8) is 0 Å². The summed E-state index contributed by atoms with van der Waals surface area (Å²) in [5, 5.41) is 3.37. The summed E-state index contributed by atoms with van der Waals surface area (Å²) in [4.78, 5) is 11.1. The van der Waals surface area contributed by atoms with Gasteiger partial charge in [0.25, 0.3) is 0 Å². The van der Waals surface area contributed by atoms with Crippen LogP contribution in [-0.4, -0.2) is 18.9 Å². The van der Waals surface area contributed by atoms with Crippen LogP contribution >= 0.6 is 0 Å². The van der Waals surface area contributed by atoms with E-state index >= 15 is 0 Å². The van der Waals surface area contributed by atoms with E-state index in [1.165, 1.54) is 12.0 Å². The van der Waals surface area contributed by atoms with Crippen molar-refractivity contribution in [3.8, 4) is 0 Å². The first kappa shape index (κ1) is 10.4. The molecule has 0 aromatic heterocycles. The average molecular weight is 203 g/mol. The van der Waals surface area contributed by atoms with Crippen LogP contribution in [0.4, 0.5) is 0 Å². The molecule has 1 aromatic rings. The molecule has 1 atom stereocenters. The fourth-order valence-electron chi connectivity index (χ4n) is 2.10. The molecule has 1 unspecified atom stereocenters. The molecule has 80 valence electrons. The molecule has 1 fully saturated rings. The number of hydrogen-bond acceptors (Lipinski definition) is 2. The third-order valence-electron chi connectivity index (χ3n) is 3.05. The minimum Gasteiger partial charge on any atom is -0.316 e. The van der Waals surface area contributed by atoms with Crippen LogP contribution in [0, 0.1) is 5.92 Å². The number of rotatable bonds is 3. The zero-order chi connectivity index (χ0) is 10.7. The number of hydrogen-bond donors (Lipinski definition) is 1. The molecule has 1 heterocycles. The van der Waals surface area contributed by atoms with Gasteiger partial charge in [0, 0.05) is 5.56 Å². The van der Waals surface area contributed by atoms with Gasteiger partial charge in [0.1, 0.15) is 0 Å². The minimum absolute atomic E-state index is 0.143. The smallest absolute Gasteiger partial charge is 0.159 e. The van der Waals surface area contributed by atoms with Gasteiger partial charge >= 0.3 is 0 Å². The van der Waals surface area contributed by atoms with E-state index in [1.807, 2.05) is 12.1 Å². The van der Waals surface area contributed by atoms with Crippen molar-refractivity contribution in [3.05, 3.63) is 35.4 Å². The van der Waals surface area contributed by atoms with Crippen molar-refractivity contribution in [2.75, 3.05) is 13.1 Å². The van der Waals surface area contributed by atoms with Crippen LogP contribution in [0.2, 0.25) is 0 Å². The van der Waals surface area contributed by atoms with Crippen LogP contribution in [-0.2, 0) is 6.42 Å². The van der Waals surface area contributed by atoms with Gasteiger partial charge in [-0.15, -0.1) is 0 Å². The quantitative estimate of drug-likeness (QED) is 0.762. The van der Waals surface area contributed by atoms with Gasteiger partial charge < -0.3 is 5.32 Å². The molecular weight excluding hydrogens is 186 g/mol. The number of ketones is 1. The van der Waals surface area contributed by atoms with Crippen molar-refractivity contribution in [1.29, 1.82) is 0 Å². The van der Waals surface area contributed by atoms with Crippen LogP contribution in [0.25, 0.3) is 0 Å². The Labute approximate surface area is 90.7 Å². The molecule has 2 rings (SSSR count). The van der Waals surface area contributed by atoms with E-state index in [2.05, 4.69) is 17.4 Å². The lowest BCUT2D eigenvalue weighted by Gasteiger charge is -2.08. The highest BCUT2D eigenvalue weighted by Crippen LogP contribution is 2.15. The fraction of sp³-hybridized carbons (Fsp3) is 0.462. The van der Waals surface area contributed by atoms with E-state index in [4.69, 9.17) is 0 Å². The molecule has 0 saturated carbocycles. The number of benzene rings is 1. The van der Waals surface area contributed by atoms with E-state index in [0.717, 1.165) is 31.0 Å². The van der Waals surface area contributed by atoms with Gasteiger partial charge in [-0.3, -0.25) is 4.79 Å². The predicted octanol–water partition coefficient (Wildman–Crippen LogP) is 2.04. The number of carbonyl (C=O) groups excluding carboxylic acids is 1. The van der Waals surface area contributed by atoms with Crippen molar-refractivity contribution in [2.24, 2.45) is 5.92 Å². The maximum atomic E-state index is 11.1. The lowest BCUT2D eigenvalue weighted by Crippen LogP contribution is -2.10. The molecule has 0 aliphatic carbocycles. The second kappa shape index (κ2) is 4.58. The van der Waals surface area contributed by atoms with Crippen LogP contribution < -0.4 is 5.32 Å². The zero-order valence-corrected chi connectivity index (χ0v) is 9.12. The normalized spacial score (nSPS) is 20.5. The third-order valence-corrected chi connectivity index (χ3v) is 3.05. The molecule has 15 heavy (non-hydrogen) atoms. The van der Waals surface area contributed by atoms with Crippen LogP contribution in [0.3, 0.4) is 0 Å². The summed E-state index contributed by atoms with van der Waals surface area (Å²) < 4.78 is 0. The van der Waals surface area contributed by atoms with Gasteiger partial charge in [0.05, 0.1) is 0 Å². The molecule has 0 bridgehead atoms. The molecule has 1 aliphatic heterocycles. The molecule has 0 radical (unpaired) electrons. The first-order chi connectivity index (χ1) is 7.25. The van der Waals surface area contributed by atoms with Gasteiger partial charge in [0.2, 0.25) is 0 Å². The van der Waals surface area contributed by atoms with E-state index in [9.17, 15) is 4.79 Å². The summed E-state index contributed by atoms with van der Waals surface area (Å²) in [7, 11) is 0. The highest BCUT2D eigenvalue weighted by molar-refractivity contribution is 5.93. The molecule has 2 nitrogen and oxygen atoms in total. The van der Waals surface area contributed by atoms with E-state index in [-0.39, 0.29) is 5.78 Å². The largest absolute Gasteiger partial charge is 0.316 e. The van der Waals surface area contributed by atoms with Crippen molar-refractivity contribution >= 4 is 5.78 Å². The maximum Gasteiger partial charge on any atom is 0.159 e. The highest BCUT2D eigenvalue weighted by Gasteiger charge is 2.14. The van der Waals surface area contributed by atoms with Crippen molar-refractivity contribution < 1.29 is 4.79 Å². The van der Waals surface area contributed by atoms with Crippen LogP contribution in [0.5, 0.6) is 0 Å². The van der Waals surface area contributed by atoms with Crippen molar-refractivity contribution in [1.82, 2.24) is 5.32 Å². The predicted molar refractivity (Wildman–Crippen MR) is 61.1 cm³/mol. The van der Waals surface area contributed by atoms with E-state index in [0.29, 0.717) is 0 Å². The first-order valence-corrected chi connectivity index (χ1v) is 5.56. The second-order valence-electron chi connectivity index (χ2n) is 4.32. The fourth-order valence-corrected chi connectivity index (χ4v) is 2.10. The standard InChI is InChI=1S/C13H17NO/c1-10(15)13-4-2-11(3-5-13)8-12-6-7-14-9-12/h2-5,12,14H,6-9H2,1H3. The molecule has 0 spiro atoms. The van der Waals surface area contributed by atoms with Gasteiger partial charge in [-0.1, -0.05) is 24.3 Å². The Kier molecular flexibility index (Phi) is 3.17. The van der Waals surface area contributed by atoms with E-state index in [1.54, 1.807) is 6.92 Å². The van der Waals surface area contributed by atoms with E-state index < -0.39 is 0 Å². The Hall–Kier alpha value is -1.15. The third kappa shape index (κ3) is 2.66. The summed E-state index contributed by atoms with van der Waals surface area (Å²) in [6.07, 6.45) is 2.40. The molecule has 1 aromatic carbocycles. The number of Topliss-reactive ketones (excluding diaryl/α,β-unsaturated/α-hetero) is 1. The Balaban J connectivity index is 2.00. The zero-order valence-electron chi connectivity index (χ0n) is 9.12. The van der Waals surface area contributed by atoms with Crippen LogP contribution in [0.15, 0.2) is 24.3 Å². The second-order valence-corrected chi connectivity index (χ2v) is 4.32. The Morgan fingerprint density at radius 2 is 2.13 bits per heavy atom. The molecule has 1 aliphatic rings. The van der Waals surface area contributed by atoms with Crippen LogP contribution in [0.1, 0.15) is 29.3 Å². The molecule has 1 saturated heterocycles. The molecular formula is C13H17NO.